The number of ether oxygens (including phenoxy) is 1. The summed E-state index contributed by atoms with van der Waals surface area (Å²) in [5.41, 5.74) is 0.601. The molecule has 6 heteroatoms. The number of nitrogens with zero attached hydrogens (tertiary/aromatic N) is 1. The number of hydrogen-bond acceptors (Lipinski definition) is 3. The average Bonchev–Trinajstić information content (AvgIpc) is 2.43. The fraction of sp³-hybridized carbons (Fsp3) is 0.600. The summed E-state index contributed by atoms with van der Waals surface area (Å²) >= 11 is 0. The van der Waals surface area contributed by atoms with Crippen LogP contribution in [0, 0.1) is 5.92 Å². The number of hydrogen-bond donors (Lipinski definition) is 1. The number of phenols is 1. The van der Waals surface area contributed by atoms with Crippen LogP contribution in [0.2, 0.25) is 0 Å². The van der Waals surface area contributed by atoms with Gasteiger partial charge in [0, 0.05) is 18.7 Å². The third kappa shape index (κ3) is 4.03. The number of rotatable bonds is 4. The molecule has 0 saturated carbocycles. The van der Waals surface area contributed by atoms with Gasteiger partial charge in [0.2, 0.25) is 0 Å². The molecule has 0 aromatic heterocycles. The van der Waals surface area contributed by atoms with E-state index in [1.807, 2.05) is 6.92 Å². The topological polar surface area (TPSA) is 32.7 Å². The molecule has 1 aliphatic rings. The van der Waals surface area contributed by atoms with E-state index >= 15 is 0 Å². The first-order valence-electron chi connectivity index (χ1n) is 7.14. The Morgan fingerprint density at radius 1 is 1.38 bits per heavy atom. The summed E-state index contributed by atoms with van der Waals surface area (Å²) < 4.78 is 43.7. The van der Waals surface area contributed by atoms with Gasteiger partial charge in [-0.3, -0.25) is 4.90 Å². The third-order valence-corrected chi connectivity index (χ3v) is 3.74. The molecule has 1 aliphatic heterocycles. The summed E-state index contributed by atoms with van der Waals surface area (Å²) in [5.74, 6) is -0.878. The molecule has 0 radical (unpaired) electrons. The van der Waals surface area contributed by atoms with Crippen LogP contribution >= 0.6 is 0 Å². The Labute approximate surface area is 122 Å². The van der Waals surface area contributed by atoms with Gasteiger partial charge in [-0.25, -0.2) is 0 Å². The maximum absolute atomic E-state index is 12.8. The van der Waals surface area contributed by atoms with Crippen molar-refractivity contribution in [3.05, 3.63) is 23.8 Å². The van der Waals surface area contributed by atoms with Gasteiger partial charge in [0.05, 0.1) is 12.5 Å². The van der Waals surface area contributed by atoms with E-state index in [1.54, 1.807) is 23.1 Å². The summed E-state index contributed by atoms with van der Waals surface area (Å²) in [5, 5.41) is 10.1. The van der Waals surface area contributed by atoms with Gasteiger partial charge in [-0.1, -0.05) is 12.1 Å². The minimum atomic E-state index is -4.14. The molecule has 2 rings (SSSR count). The molecule has 1 fully saturated rings. The second-order valence-electron chi connectivity index (χ2n) is 5.31. The Bertz CT molecular complexity index is 476. The number of piperidine rings is 1. The maximum Gasteiger partial charge on any atom is 0.393 e. The Morgan fingerprint density at radius 3 is 2.81 bits per heavy atom. The minimum Gasteiger partial charge on any atom is -0.504 e. The maximum atomic E-state index is 12.8. The number of para-hydroxylation sites is 1. The summed E-state index contributed by atoms with van der Waals surface area (Å²) in [4.78, 5) is 1.74. The van der Waals surface area contributed by atoms with Crippen molar-refractivity contribution < 1.29 is 23.0 Å². The molecule has 1 aromatic carbocycles. The van der Waals surface area contributed by atoms with Gasteiger partial charge < -0.3 is 9.84 Å². The van der Waals surface area contributed by atoms with Crippen LogP contribution in [0.25, 0.3) is 0 Å². The molecule has 118 valence electrons. The quantitative estimate of drug-likeness (QED) is 0.923. The largest absolute Gasteiger partial charge is 0.504 e. The molecule has 1 N–H and O–H groups in total. The standard InChI is InChI=1S/C15H20F3NO2/c1-2-21-13-7-3-5-11(14(13)20)9-19-8-4-6-12(10-19)15(16,17)18/h3,5,7,12,20H,2,4,6,8-10H2,1H3. The highest BCUT2D eigenvalue weighted by Gasteiger charge is 2.41. The molecule has 1 unspecified atom stereocenters. The zero-order valence-corrected chi connectivity index (χ0v) is 12.0. The summed E-state index contributed by atoms with van der Waals surface area (Å²) in [6.07, 6.45) is -3.44. The number of alkyl halides is 3. The SMILES string of the molecule is CCOc1cccc(CN2CCCC(C(F)(F)F)C2)c1O. The first kappa shape index (κ1) is 15.9. The van der Waals surface area contributed by atoms with Gasteiger partial charge in [-0.2, -0.15) is 13.2 Å². The minimum absolute atomic E-state index is 0.0121. The van der Waals surface area contributed by atoms with Crippen molar-refractivity contribution in [1.82, 2.24) is 4.90 Å². The Morgan fingerprint density at radius 2 is 2.14 bits per heavy atom. The normalized spacial score (nSPS) is 20.5. The van der Waals surface area contributed by atoms with Crippen LogP contribution in [0.5, 0.6) is 11.5 Å². The first-order chi connectivity index (χ1) is 9.91. The number of halogens is 3. The lowest BCUT2D eigenvalue weighted by atomic mass is 9.97. The Balaban J connectivity index is 2.06. The number of phenolic OH excluding ortho intramolecular Hbond substituents is 1. The van der Waals surface area contributed by atoms with E-state index in [1.165, 1.54) is 0 Å². The van der Waals surface area contributed by atoms with Crippen molar-refractivity contribution in [2.24, 2.45) is 5.92 Å². The molecule has 0 bridgehead atoms. The molecular formula is C15H20F3NO2. The Hall–Kier alpha value is -1.43. The van der Waals surface area contributed by atoms with Crippen molar-refractivity contribution in [2.75, 3.05) is 19.7 Å². The zero-order valence-electron chi connectivity index (χ0n) is 12.0. The van der Waals surface area contributed by atoms with Crippen molar-refractivity contribution in [3.63, 3.8) is 0 Å². The predicted molar refractivity (Wildman–Crippen MR) is 73.3 cm³/mol. The highest BCUT2D eigenvalue weighted by Crippen LogP contribution is 2.35. The second kappa shape index (κ2) is 6.56. The summed E-state index contributed by atoms with van der Waals surface area (Å²) in [6, 6.07) is 5.11. The molecule has 1 saturated heterocycles. The van der Waals surface area contributed by atoms with Crippen molar-refractivity contribution in [1.29, 1.82) is 0 Å². The van der Waals surface area contributed by atoms with E-state index in [0.29, 0.717) is 37.4 Å². The first-order valence-corrected chi connectivity index (χ1v) is 7.14. The van der Waals surface area contributed by atoms with E-state index in [9.17, 15) is 18.3 Å². The highest BCUT2D eigenvalue weighted by molar-refractivity contribution is 5.45. The van der Waals surface area contributed by atoms with E-state index in [-0.39, 0.29) is 18.7 Å². The van der Waals surface area contributed by atoms with E-state index in [2.05, 4.69) is 0 Å². The van der Waals surface area contributed by atoms with Crippen molar-refractivity contribution in [2.45, 2.75) is 32.5 Å². The Kier molecular flexibility index (Phi) is 4.98. The van der Waals surface area contributed by atoms with Gasteiger partial charge in [0.1, 0.15) is 0 Å². The van der Waals surface area contributed by atoms with Gasteiger partial charge >= 0.3 is 6.18 Å². The number of benzene rings is 1. The number of likely N-dealkylation sites (tertiary alicyclic amines) is 1. The monoisotopic (exact) mass is 303 g/mol. The van der Waals surface area contributed by atoms with Gasteiger partial charge in [-0.05, 0) is 32.4 Å². The van der Waals surface area contributed by atoms with Crippen LogP contribution in [-0.4, -0.2) is 35.9 Å². The van der Waals surface area contributed by atoms with Gasteiger partial charge in [0.25, 0.3) is 0 Å². The lowest BCUT2D eigenvalue weighted by Gasteiger charge is -2.33. The van der Waals surface area contributed by atoms with Crippen LogP contribution in [0.15, 0.2) is 18.2 Å². The molecule has 21 heavy (non-hydrogen) atoms. The lowest BCUT2D eigenvalue weighted by Crippen LogP contribution is -2.41. The fourth-order valence-corrected chi connectivity index (χ4v) is 2.67. The van der Waals surface area contributed by atoms with Crippen LogP contribution in [0.4, 0.5) is 13.2 Å². The molecular weight excluding hydrogens is 283 g/mol. The second-order valence-corrected chi connectivity index (χ2v) is 5.31. The highest BCUT2D eigenvalue weighted by atomic mass is 19.4. The molecule has 1 aromatic rings. The van der Waals surface area contributed by atoms with Crippen LogP contribution in [0.3, 0.4) is 0 Å². The fourth-order valence-electron chi connectivity index (χ4n) is 2.67. The van der Waals surface area contributed by atoms with Gasteiger partial charge in [-0.15, -0.1) is 0 Å². The lowest BCUT2D eigenvalue weighted by molar-refractivity contribution is -0.187. The van der Waals surface area contributed by atoms with Gasteiger partial charge in [0.15, 0.2) is 11.5 Å². The third-order valence-electron chi connectivity index (χ3n) is 3.74. The van der Waals surface area contributed by atoms with Crippen LogP contribution in [0.1, 0.15) is 25.3 Å². The van der Waals surface area contributed by atoms with Crippen LogP contribution in [-0.2, 0) is 6.54 Å². The van der Waals surface area contributed by atoms with E-state index < -0.39 is 12.1 Å². The average molecular weight is 303 g/mol. The number of aromatic hydroxyl groups is 1. The zero-order chi connectivity index (χ0) is 15.5. The summed E-state index contributed by atoms with van der Waals surface area (Å²) in [7, 11) is 0. The molecule has 0 spiro atoms. The molecule has 0 amide bonds. The molecule has 1 atom stereocenters. The molecule has 0 aliphatic carbocycles. The predicted octanol–water partition coefficient (Wildman–Crippen LogP) is 3.57. The van der Waals surface area contributed by atoms with Crippen molar-refractivity contribution in [3.8, 4) is 11.5 Å². The van der Waals surface area contributed by atoms with Crippen LogP contribution < -0.4 is 4.74 Å². The van der Waals surface area contributed by atoms with Crippen molar-refractivity contribution >= 4 is 0 Å². The molecule has 1 heterocycles. The molecule has 3 nitrogen and oxygen atoms in total. The van der Waals surface area contributed by atoms with E-state index in [4.69, 9.17) is 4.74 Å². The van der Waals surface area contributed by atoms with E-state index in [0.717, 1.165) is 0 Å². The summed E-state index contributed by atoms with van der Waals surface area (Å²) in [6.45, 7) is 3.15. The smallest absolute Gasteiger partial charge is 0.393 e.